The van der Waals surface area contributed by atoms with E-state index >= 15 is 0 Å². The van der Waals surface area contributed by atoms with Gasteiger partial charge in [0.2, 0.25) is 0 Å². The molecule has 9 rings (SSSR count). The lowest BCUT2D eigenvalue weighted by Gasteiger charge is -2.25. The van der Waals surface area contributed by atoms with Gasteiger partial charge < -0.3 is 4.90 Å². The Morgan fingerprint density at radius 1 is 0.348 bits per heavy atom. The molecule has 1 aromatic heterocycles. The van der Waals surface area contributed by atoms with Crippen molar-refractivity contribution in [2.75, 3.05) is 4.90 Å². The molecule has 0 bridgehead atoms. The van der Waals surface area contributed by atoms with E-state index in [1.54, 1.807) is 0 Å². The molecule has 0 N–H and O–H groups in total. The van der Waals surface area contributed by atoms with Crippen LogP contribution in [0.3, 0.4) is 0 Å². The Kier molecular flexibility index (Phi) is 6.40. The maximum Gasteiger partial charge on any atom is 0.101 e. The number of fused-ring (bicyclic) bond motifs is 7. The van der Waals surface area contributed by atoms with Gasteiger partial charge in [-0.25, -0.2) is 0 Å². The van der Waals surface area contributed by atoms with Crippen molar-refractivity contribution in [2.45, 2.75) is 0 Å². The van der Waals surface area contributed by atoms with Crippen LogP contribution in [0.4, 0.5) is 16.4 Å². The Hall–Kier alpha value is -5.70. The van der Waals surface area contributed by atoms with E-state index in [4.69, 9.17) is 0 Å². The SMILES string of the molecule is c1ccc(-c2ccc(N(c3ccc4c5ccccc5c5ccccc5c4c3)c3ccc(-c4cccc5ccccc45)s3)cc2)cc1. The van der Waals surface area contributed by atoms with Gasteiger partial charge in [-0.05, 0) is 96.2 Å². The number of anilines is 3. The summed E-state index contributed by atoms with van der Waals surface area (Å²) < 4.78 is 0. The van der Waals surface area contributed by atoms with E-state index in [2.05, 4.69) is 181 Å². The Labute approximate surface area is 272 Å². The Bertz CT molecular complexity index is 2490. The Morgan fingerprint density at radius 2 is 0.891 bits per heavy atom. The smallest absolute Gasteiger partial charge is 0.101 e. The van der Waals surface area contributed by atoms with Crippen LogP contribution in [-0.4, -0.2) is 0 Å². The first kappa shape index (κ1) is 26.7. The molecule has 2 heteroatoms. The first-order valence-corrected chi connectivity index (χ1v) is 16.5. The number of thiophene rings is 1. The van der Waals surface area contributed by atoms with E-state index < -0.39 is 0 Å². The van der Waals surface area contributed by atoms with Gasteiger partial charge in [-0.3, -0.25) is 0 Å². The van der Waals surface area contributed by atoms with Crippen molar-refractivity contribution >= 4 is 70.8 Å². The third-order valence-electron chi connectivity index (χ3n) is 9.09. The van der Waals surface area contributed by atoms with Crippen LogP contribution in [0.25, 0.3) is 64.7 Å². The van der Waals surface area contributed by atoms with E-state index in [1.165, 1.54) is 69.7 Å². The Morgan fingerprint density at radius 3 is 1.61 bits per heavy atom. The van der Waals surface area contributed by atoms with Crippen molar-refractivity contribution < 1.29 is 0 Å². The highest BCUT2D eigenvalue weighted by molar-refractivity contribution is 7.19. The molecule has 0 aliphatic heterocycles. The van der Waals surface area contributed by atoms with Crippen LogP contribution >= 0.6 is 11.3 Å². The second-order valence-corrected chi connectivity index (χ2v) is 12.8. The largest absolute Gasteiger partial charge is 0.302 e. The zero-order chi connectivity index (χ0) is 30.5. The van der Waals surface area contributed by atoms with Crippen molar-refractivity contribution in [2.24, 2.45) is 0 Å². The molecular weight excluding hydrogens is 575 g/mol. The molecule has 1 heterocycles. The second-order valence-electron chi connectivity index (χ2n) is 11.7. The van der Waals surface area contributed by atoms with Gasteiger partial charge in [0.25, 0.3) is 0 Å². The number of benzene rings is 8. The molecule has 0 spiro atoms. The second kappa shape index (κ2) is 11.0. The van der Waals surface area contributed by atoms with E-state index in [1.807, 2.05) is 11.3 Å². The summed E-state index contributed by atoms with van der Waals surface area (Å²) in [7, 11) is 0. The lowest BCUT2D eigenvalue weighted by molar-refractivity contribution is 1.32. The molecule has 9 aromatic rings. The fraction of sp³-hybridized carbons (Fsp3) is 0. The minimum absolute atomic E-state index is 1.13. The minimum atomic E-state index is 1.13. The van der Waals surface area contributed by atoms with Crippen LogP contribution in [0.5, 0.6) is 0 Å². The molecule has 8 aromatic carbocycles. The molecule has 0 saturated carbocycles. The molecule has 1 nitrogen and oxygen atoms in total. The fourth-order valence-corrected chi connectivity index (χ4v) is 7.99. The van der Waals surface area contributed by atoms with Gasteiger partial charge in [-0.15, -0.1) is 11.3 Å². The summed E-state index contributed by atoms with van der Waals surface area (Å²) >= 11 is 1.84. The number of hydrogen-bond acceptors (Lipinski definition) is 2. The third-order valence-corrected chi connectivity index (χ3v) is 10.2. The minimum Gasteiger partial charge on any atom is -0.302 e. The molecule has 0 radical (unpaired) electrons. The molecule has 0 atom stereocenters. The standard InChI is InChI=1S/C44H29NS/c1-2-11-30(12-3-1)31-21-23-33(24-22-31)45(44-28-27-43(46-44)41-20-10-14-32-13-4-5-15-35(32)41)34-25-26-40-38-18-7-6-16-36(38)37-17-8-9-19-39(37)42(40)29-34/h1-29H. The van der Waals surface area contributed by atoms with Gasteiger partial charge in [0.15, 0.2) is 0 Å². The summed E-state index contributed by atoms with van der Waals surface area (Å²) in [5, 5.41) is 11.4. The van der Waals surface area contributed by atoms with Gasteiger partial charge in [0, 0.05) is 16.3 Å². The molecule has 0 saturated heterocycles. The van der Waals surface area contributed by atoms with Crippen LogP contribution in [0, 0.1) is 0 Å². The summed E-state index contributed by atoms with van der Waals surface area (Å²) in [5.74, 6) is 0. The molecular formula is C44H29NS. The van der Waals surface area contributed by atoms with Crippen LogP contribution < -0.4 is 4.90 Å². The third kappa shape index (κ3) is 4.46. The van der Waals surface area contributed by atoms with Gasteiger partial charge >= 0.3 is 0 Å². The zero-order valence-corrected chi connectivity index (χ0v) is 25.9. The highest BCUT2D eigenvalue weighted by Crippen LogP contribution is 2.45. The van der Waals surface area contributed by atoms with E-state index in [9.17, 15) is 0 Å². The van der Waals surface area contributed by atoms with E-state index in [0.29, 0.717) is 0 Å². The van der Waals surface area contributed by atoms with E-state index in [0.717, 1.165) is 11.4 Å². The van der Waals surface area contributed by atoms with Crippen LogP contribution in [-0.2, 0) is 0 Å². The number of hydrogen-bond donors (Lipinski definition) is 0. The van der Waals surface area contributed by atoms with Gasteiger partial charge in [-0.2, -0.15) is 0 Å². The first-order valence-electron chi connectivity index (χ1n) is 15.7. The summed E-state index contributed by atoms with van der Waals surface area (Å²) in [4.78, 5) is 3.67. The zero-order valence-electron chi connectivity index (χ0n) is 25.1. The van der Waals surface area contributed by atoms with Gasteiger partial charge in [-0.1, -0.05) is 140 Å². The van der Waals surface area contributed by atoms with Crippen molar-refractivity contribution in [1.82, 2.24) is 0 Å². The maximum atomic E-state index is 2.41. The molecule has 0 aliphatic rings. The predicted octanol–water partition coefficient (Wildman–Crippen LogP) is 13.2. The lowest BCUT2D eigenvalue weighted by Crippen LogP contribution is -2.08. The summed E-state index contributed by atoms with van der Waals surface area (Å²) in [6.07, 6.45) is 0. The summed E-state index contributed by atoms with van der Waals surface area (Å²) in [5.41, 5.74) is 5.98. The first-order chi connectivity index (χ1) is 22.8. The van der Waals surface area contributed by atoms with E-state index in [-0.39, 0.29) is 0 Å². The van der Waals surface area contributed by atoms with Crippen molar-refractivity contribution in [3.8, 4) is 21.6 Å². The van der Waals surface area contributed by atoms with Crippen molar-refractivity contribution in [3.63, 3.8) is 0 Å². The van der Waals surface area contributed by atoms with Gasteiger partial charge in [0.1, 0.15) is 5.00 Å². The van der Waals surface area contributed by atoms with Crippen molar-refractivity contribution in [3.05, 3.63) is 176 Å². The predicted molar refractivity (Wildman–Crippen MR) is 200 cm³/mol. The van der Waals surface area contributed by atoms with Crippen LogP contribution in [0.15, 0.2) is 176 Å². The average molecular weight is 604 g/mol. The quantitative estimate of drug-likeness (QED) is 0.177. The highest BCUT2D eigenvalue weighted by atomic mass is 32.1. The van der Waals surface area contributed by atoms with Crippen molar-refractivity contribution in [1.29, 1.82) is 0 Å². The molecule has 216 valence electrons. The maximum absolute atomic E-state index is 2.41. The normalized spacial score (nSPS) is 11.5. The summed E-state index contributed by atoms with van der Waals surface area (Å²) in [6.45, 7) is 0. The van der Waals surface area contributed by atoms with Crippen LogP contribution in [0.1, 0.15) is 0 Å². The number of rotatable bonds is 5. The molecule has 0 aliphatic carbocycles. The average Bonchev–Trinajstić information content (AvgIpc) is 3.62. The molecule has 0 amide bonds. The fourth-order valence-electron chi connectivity index (χ4n) is 6.90. The monoisotopic (exact) mass is 603 g/mol. The number of nitrogens with zero attached hydrogens (tertiary/aromatic N) is 1. The van der Waals surface area contributed by atoms with Gasteiger partial charge in [0.05, 0.1) is 0 Å². The highest BCUT2D eigenvalue weighted by Gasteiger charge is 2.18. The topological polar surface area (TPSA) is 3.24 Å². The Balaban J connectivity index is 1.24. The van der Waals surface area contributed by atoms with Crippen LogP contribution in [0.2, 0.25) is 0 Å². The molecule has 0 fully saturated rings. The summed E-state index contributed by atoms with van der Waals surface area (Å²) in [6, 6.07) is 63.9. The molecule has 46 heavy (non-hydrogen) atoms. The molecule has 0 unspecified atom stereocenters. The lowest BCUT2D eigenvalue weighted by atomic mass is 9.94.